The lowest BCUT2D eigenvalue weighted by Crippen LogP contribution is -2.33. The summed E-state index contributed by atoms with van der Waals surface area (Å²) in [6.45, 7) is 3.80. The first-order valence-corrected chi connectivity index (χ1v) is 6.10. The summed E-state index contributed by atoms with van der Waals surface area (Å²) < 4.78 is 1.07. The molecule has 0 spiro atoms. The topological polar surface area (TPSA) is 41.1 Å². The Balaban J connectivity index is 2.23. The highest BCUT2D eigenvalue weighted by molar-refractivity contribution is 9.10. The lowest BCUT2D eigenvalue weighted by molar-refractivity contribution is -0.120. The van der Waals surface area contributed by atoms with Gasteiger partial charge in [0, 0.05) is 14.7 Å². The average Bonchev–Trinajstić information content (AvgIpc) is 2.58. The molecule has 1 aromatic rings. The molecule has 1 amide bonds. The van der Waals surface area contributed by atoms with Crippen molar-refractivity contribution in [1.29, 1.82) is 0 Å². The summed E-state index contributed by atoms with van der Waals surface area (Å²) in [6.07, 6.45) is 0. The molecule has 0 fully saturated rings. The van der Waals surface area contributed by atoms with Crippen molar-refractivity contribution in [3.63, 3.8) is 0 Å². The standard InChI is InChI=1S/C9H13BrN2OS/c1-2-11-5-9(13)12-4-8-3-7(10)6-14-8/h3,6,11H,2,4-5H2,1H3,(H,12,13). The molecule has 0 aliphatic rings. The molecule has 1 aromatic heterocycles. The maximum absolute atomic E-state index is 11.2. The van der Waals surface area contributed by atoms with E-state index >= 15 is 0 Å². The molecule has 1 heterocycles. The highest BCUT2D eigenvalue weighted by Gasteiger charge is 2.01. The first-order chi connectivity index (χ1) is 6.72. The number of rotatable bonds is 5. The summed E-state index contributed by atoms with van der Waals surface area (Å²) in [5, 5.41) is 7.81. The molecule has 2 N–H and O–H groups in total. The van der Waals surface area contributed by atoms with Crippen molar-refractivity contribution < 1.29 is 4.79 Å². The molecule has 0 aliphatic heterocycles. The van der Waals surface area contributed by atoms with E-state index in [2.05, 4.69) is 26.6 Å². The van der Waals surface area contributed by atoms with E-state index in [0.29, 0.717) is 13.1 Å². The molecular formula is C9H13BrN2OS. The number of likely N-dealkylation sites (N-methyl/N-ethyl adjacent to an activating group) is 1. The minimum Gasteiger partial charge on any atom is -0.350 e. The Morgan fingerprint density at radius 1 is 1.64 bits per heavy atom. The number of halogens is 1. The van der Waals surface area contributed by atoms with Gasteiger partial charge in [0.1, 0.15) is 0 Å². The van der Waals surface area contributed by atoms with Crippen molar-refractivity contribution in [2.45, 2.75) is 13.5 Å². The van der Waals surface area contributed by atoms with Gasteiger partial charge in [-0.2, -0.15) is 0 Å². The fourth-order valence-electron chi connectivity index (χ4n) is 0.933. The van der Waals surface area contributed by atoms with Crippen LogP contribution < -0.4 is 10.6 Å². The second-order valence-corrected chi connectivity index (χ2v) is 4.70. The van der Waals surface area contributed by atoms with E-state index in [1.54, 1.807) is 11.3 Å². The van der Waals surface area contributed by atoms with Crippen LogP contribution in [0.3, 0.4) is 0 Å². The summed E-state index contributed by atoms with van der Waals surface area (Å²) in [5.74, 6) is 0.0383. The van der Waals surface area contributed by atoms with Crippen LogP contribution in [0.2, 0.25) is 0 Å². The van der Waals surface area contributed by atoms with Crippen LogP contribution in [0, 0.1) is 0 Å². The van der Waals surface area contributed by atoms with Gasteiger partial charge in [0.05, 0.1) is 13.1 Å². The molecule has 0 saturated heterocycles. The second-order valence-electron chi connectivity index (χ2n) is 2.79. The molecule has 14 heavy (non-hydrogen) atoms. The molecule has 0 aromatic carbocycles. The van der Waals surface area contributed by atoms with E-state index in [0.717, 1.165) is 15.9 Å². The van der Waals surface area contributed by atoms with Gasteiger partial charge >= 0.3 is 0 Å². The lowest BCUT2D eigenvalue weighted by Gasteiger charge is -2.03. The Labute approximate surface area is 96.0 Å². The number of carbonyl (C=O) groups is 1. The summed E-state index contributed by atoms with van der Waals surface area (Å²) in [6, 6.07) is 2.01. The zero-order valence-electron chi connectivity index (χ0n) is 7.97. The summed E-state index contributed by atoms with van der Waals surface area (Å²) in [4.78, 5) is 12.4. The fourth-order valence-corrected chi connectivity index (χ4v) is 2.32. The highest BCUT2D eigenvalue weighted by Crippen LogP contribution is 2.19. The minimum atomic E-state index is 0.0383. The van der Waals surface area contributed by atoms with E-state index in [1.165, 1.54) is 0 Å². The molecule has 0 atom stereocenters. The van der Waals surface area contributed by atoms with Crippen LogP contribution in [0.1, 0.15) is 11.8 Å². The fraction of sp³-hybridized carbons (Fsp3) is 0.444. The molecule has 0 bridgehead atoms. The predicted molar refractivity (Wildman–Crippen MR) is 62.4 cm³/mol. The molecule has 0 radical (unpaired) electrons. The zero-order chi connectivity index (χ0) is 10.4. The number of hydrogen-bond donors (Lipinski definition) is 2. The Morgan fingerprint density at radius 3 is 3.00 bits per heavy atom. The molecule has 0 saturated carbocycles. The third-order valence-electron chi connectivity index (χ3n) is 1.62. The smallest absolute Gasteiger partial charge is 0.234 e. The molecule has 1 rings (SSSR count). The van der Waals surface area contributed by atoms with Crippen molar-refractivity contribution in [3.8, 4) is 0 Å². The third-order valence-corrected chi connectivity index (χ3v) is 3.31. The summed E-state index contributed by atoms with van der Waals surface area (Å²) in [7, 11) is 0. The third kappa shape index (κ3) is 4.21. The van der Waals surface area contributed by atoms with E-state index in [4.69, 9.17) is 0 Å². The maximum atomic E-state index is 11.2. The number of amides is 1. The molecule has 0 unspecified atom stereocenters. The number of hydrogen-bond acceptors (Lipinski definition) is 3. The lowest BCUT2D eigenvalue weighted by atomic mass is 10.4. The first kappa shape index (κ1) is 11.7. The summed E-state index contributed by atoms with van der Waals surface area (Å²) in [5.41, 5.74) is 0. The largest absolute Gasteiger partial charge is 0.350 e. The van der Waals surface area contributed by atoms with Gasteiger partial charge in [-0.25, -0.2) is 0 Å². The van der Waals surface area contributed by atoms with Crippen molar-refractivity contribution in [3.05, 3.63) is 20.8 Å². The quantitative estimate of drug-likeness (QED) is 0.860. The minimum absolute atomic E-state index is 0.0383. The van der Waals surface area contributed by atoms with Crippen LogP contribution in [0.5, 0.6) is 0 Å². The van der Waals surface area contributed by atoms with Crippen LogP contribution in [-0.4, -0.2) is 19.0 Å². The zero-order valence-corrected chi connectivity index (χ0v) is 10.4. The van der Waals surface area contributed by atoms with Gasteiger partial charge in [-0.15, -0.1) is 11.3 Å². The molecule has 3 nitrogen and oxygen atoms in total. The number of thiophene rings is 1. The van der Waals surface area contributed by atoms with Gasteiger partial charge in [0.15, 0.2) is 0 Å². The predicted octanol–water partition coefficient (Wildman–Crippen LogP) is 1.74. The van der Waals surface area contributed by atoms with Crippen molar-refractivity contribution in [1.82, 2.24) is 10.6 Å². The van der Waals surface area contributed by atoms with E-state index in [1.807, 2.05) is 18.4 Å². The molecular weight excluding hydrogens is 264 g/mol. The van der Waals surface area contributed by atoms with Crippen molar-refractivity contribution >= 4 is 33.2 Å². The maximum Gasteiger partial charge on any atom is 0.234 e. The van der Waals surface area contributed by atoms with E-state index in [9.17, 15) is 4.79 Å². The van der Waals surface area contributed by atoms with Gasteiger partial charge in [-0.3, -0.25) is 4.79 Å². The monoisotopic (exact) mass is 276 g/mol. The van der Waals surface area contributed by atoms with Crippen LogP contribution >= 0.6 is 27.3 Å². The average molecular weight is 277 g/mol. The number of carbonyl (C=O) groups excluding carboxylic acids is 1. The Kier molecular flexibility index (Phi) is 5.14. The highest BCUT2D eigenvalue weighted by atomic mass is 79.9. The Hall–Kier alpha value is -0.390. The van der Waals surface area contributed by atoms with E-state index < -0.39 is 0 Å². The van der Waals surface area contributed by atoms with Gasteiger partial charge in [0.2, 0.25) is 5.91 Å². The van der Waals surface area contributed by atoms with Crippen LogP contribution in [0.15, 0.2) is 15.9 Å². The van der Waals surface area contributed by atoms with Crippen LogP contribution in [0.4, 0.5) is 0 Å². The van der Waals surface area contributed by atoms with E-state index in [-0.39, 0.29) is 5.91 Å². The summed E-state index contributed by atoms with van der Waals surface area (Å²) >= 11 is 5.00. The van der Waals surface area contributed by atoms with Gasteiger partial charge in [-0.1, -0.05) is 6.92 Å². The van der Waals surface area contributed by atoms with Crippen molar-refractivity contribution in [2.24, 2.45) is 0 Å². The van der Waals surface area contributed by atoms with Gasteiger partial charge in [-0.05, 0) is 28.5 Å². The van der Waals surface area contributed by atoms with Crippen LogP contribution in [0.25, 0.3) is 0 Å². The Morgan fingerprint density at radius 2 is 2.43 bits per heavy atom. The number of nitrogens with one attached hydrogen (secondary N) is 2. The van der Waals surface area contributed by atoms with Crippen molar-refractivity contribution in [2.75, 3.05) is 13.1 Å². The van der Waals surface area contributed by atoms with Crippen LogP contribution in [-0.2, 0) is 11.3 Å². The van der Waals surface area contributed by atoms with Gasteiger partial charge < -0.3 is 10.6 Å². The SMILES string of the molecule is CCNCC(=O)NCc1cc(Br)cs1. The normalized spacial score (nSPS) is 10.1. The molecule has 5 heteroatoms. The first-order valence-electron chi connectivity index (χ1n) is 4.42. The van der Waals surface area contributed by atoms with Gasteiger partial charge in [0.25, 0.3) is 0 Å². The molecule has 78 valence electrons. The Bertz CT molecular complexity index is 301. The molecule has 0 aliphatic carbocycles. The second kappa shape index (κ2) is 6.16.